The molecule has 0 bridgehead atoms. The molecule has 1 aromatic carbocycles. The number of benzene rings is 1. The van der Waals surface area contributed by atoms with Gasteiger partial charge in [0.25, 0.3) is 5.91 Å². The summed E-state index contributed by atoms with van der Waals surface area (Å²) in [5.74, 6) is 1.83. The van der Waals surface area contributed by atoms with Crippen molar-refractivity contribution >= 4 is 11.8 Å². The highest BCUT2D eigenvalue weighted by atomic mass is 16.5. The Bertz CT molecular complexity index is 857. The van der Waals surface area contributed by atoms with E-state index in [-0.39, 0.29) is 17.7 Å². The molecule has 174 valence electrons. The third-order valence-electron chi connectivity index (χ3n) is 5.84. The fourth-order valence-electron chi connectivity index (χ4n) is 3.89. The molecule has 0 atom stereocenters. The monoisotopic (exact) mass is 442 g/mol. The number of likely N-dealkylation sites (tertiary alicyclic amines) is 1. The average molecular weight is 443 g/mol. The standard InChI is InChI=1S/C25H34N2O5/c1-3-4-5-6-15-32-22-10-9-20(17-23(22)30-2)25(29)27-13-11-19(12-14-27)24(28)26-18-21-8-7-16-31-21/h7-10,16-17,19H,3-6,11-15,18H2,1-2H3,(H,26,28). The molecule has 1 aromatic heterocycles. The summed E-state index contributed by atoms with van der Waals surface area (Å²) < 4.78 is 16.5. The number of ether oxygens (including phenoxy) is 2. The van der Waals surface area contributed by atoms with Gasteiger partial charge in [0.05, 0.1) is 26.5 Å². The van der Waals surface area contributed by atoms with Gasteiger partial charge in [0.2, 0.25) is 5.91 Å². The molecular formula is C25H34N2O5. The minimum absolute atomic E-state index is 0.00982. The number of carbonyl (C=O) groups is 2. The molecule has 2 amide bonds. The number of nitrogens with one attached hydrogen (secondary N) is 1. The quantitative estimate of drug-likeness (QED) is 0.521. The van der Waals surface area contributed by atoms with E-state index in [0.717, 1.165) is 18.6 Å². The summed E-state index contributed by atoms with van der Waals surface area (Å²) in [6, 6.07) is 8.96. The minimum atomic E-state index is -0.0907. The fraction of sp³-hybridized carbons (Fsp3) is 0.520. The first-order valence-electron chi connectivity index (χ1n) is 11.5. The lowest BCUT2D eigenvalue weighted by atomic mass is 9.95. The van der Waals surface area contributed by atoms with Gasteiger partial charge in [0, 0.05) is 24.6 Å². The number of carbonyl (C=O) groups excluding carboxylic acids is 2. The lowest BCUT2D eigenvalue weighted by Gasteiger charge is -2.31. The molecule has 0 unspecified atom stereocenters. The van der Waals surface area contributed by atoms with E-state index in [9.17, 15) is 9.59 Å². The van der Waals surface area contributed by atoms with Crippen molar-refractivity contribution in [3.8, 4) is 11.5 Å². The Morgan fingerprint density at radius 1 is 1.12 bits per heavy atom. The van der Waals surface area contributed by atoms with E-state index < -0.39 is 0 Å². The van der Waals surface area contributed by atoms with Crippen LogP contribution in [-0.4, -0.2) is 43.5 Å². The summed E-state index contributed by atoms with van der Waals surface area (Å²) in [6.07, 6.45) is 7.42. The molecule has 0 spiro atoms. The normalized spacial score (nSPS) is 14.2. The first-order valence-corrected chi connectivity index (χ1v) is 11.5. The van der Waals surface area contributed by atoms with Gasteiger partial charge >= 0.3 is 0 Å². The largest absolute Gasteiger partial charge is 0.493 e. The van der Waals surface area contributed by atoms with Crippen molar-refractivity contribution in [3.63, 3.8) is 0 Å². The SMILES string of the molecule is CCCCCCOc1ccc(C(=O)N2CCC(C(=O)NCc3ccco3)CC2)cc1OC. The van der Waals surface area contributed by atoms with Crippen LogP contribution in [0.1, 0.15) is 61.6 Å². The number of amides is 2. The lowest BCUT2D eigenvalue weighted by molar-refractivity contribution is -0.126. The minimum Gasteiger partial charge on any atom is -0.493 e. The first kappa shape index (κ1) is 23.7. The molecule has 0 saturated carbocycles. The van der Waals surface area contributed by atoms with Crippen molar-refractivity contribution in [3.05, 3.63) is 47.9 Å². The summed E-state index contributed by atoms with van der Waals surface area (Å²) in [4.78, 5) is 27.2. The summed E-state index contributed by atoms with van der Waals surface area (Å²) in [5.41, 5.74) is 0.570. The Balaban J connectivity index is 1.49. The molecule has 2 aromatic rings. The van der Waals surface area contributed by atoms with Crippen molar-refractivity contribution in [1.82, 2.24) is 10.2 Å². The van der Waals surface area contributed by atoms with Gasteiger partial charge < -0.3 is 24.1 Å². The van der Waals surface area contributed by atoms with E-state index in [0.29, 0.717) is 56.1 Å². The molecular weight excluding hydrogens is 408 g/mol. The maximum Gasteiger partial charge on any atom is 0.253 e. The Morgan fingerprint density at radius 3 is 2.62 bits per heavy atom. The molecule has 32 heavy (non-hydrogen) atoms. The van der Waals surface area contributed by atoms with E-state index in [1.807, 2.05) is 6.07 Å². The zero-order valence-electron chi connectivity index (χ0n) is 19.1. The van der Waals surface area contributed by atoms with E-state index in [1.165, 1.54) is 12.8 Å². The number of methoxy groups -OCH3 is 1. The van der Waals surface area contributed by atoms with Crippen LogP contribution in [0.15, 0.2) is 41.0 Å². The van der Waals surface area contributed by atoms with Gasteiger partial charge in [0.1, 0.15) is 5.76 Å². The van der Waals surface area contributed by atoms with Gasteiger partial charge in [-0.25, -0.2) is 0 Å². The summed E-state index contributed by atoms with van der Waals surface area (Å²) >= 11 is 0. The van der Waals surface area contributed by atoms with Crippen LogP contribution in [-0.2, 0) is 11.3 Å². The maximum absolute atomic E-state index is 13.0. The smallest absolute Gasteiger partial charge is 0.253 e. The fourth-order valence-corrected chi connectivity index (χ4v) is 3.89. The van der Waals surface area contributed by atoms with E-state index in [1.54, 1.807) is 42.5 Å². The third-order valence-corrected chi connectivity index (χ3v) is 5.84. The van der Waals surface area contributed by atoms with Crippen LogP contribution >= 0.6 is 0 Å². The molecule has 0 aliphatic carbocycles. The van der Waals surface area contributed by atoms with Crippen molar-refractivity contribution in [2.75, 3.05) is 26.8 Å². The van der Waals surface area contributed by atoms with E-state index >= 15 is 0 Å². The van der Waals surface area contributed by atoms with Crippen molar-refractivity contribution in [2.45, 2.75) is 52.0 Å². The predicted molar refractivity (Wildman–Crippen MR) is 122 cm³/mol. The second-order valence-corrected chi connectivity index (χ2v) is 8.14. The molecule has 7 nitrogen and oxygen atoms in total. The zero-order valence-corrected chi connectivity index (χ0v) is 19.1. The zero-order chi connectivity index (χ0) is 22.8. The van der Waals surface area contributed by atoms with Crippen LogP contribution in [0, 0.1) is 5.92 Å². The van der Waals surface area contributed by atoms with Gasteiger partial charge in [-0.05, 0) is 49.6 Å². The molecule has 1 fully saturated rings. The van der Waals surface area contributed by atoms with Crippen molar-refractivity contribution in [1.29, 1.82) is 0 Å². The molecule has 1 saturated heterocycles. The van der Waals surface area contributed by atoms with Crippen LogP contribution in [0.3, 0.4) is 0 Å². The summed E-state index contributed by atoms with van der Waals surface area (Å²) in [6.45, 7) is 4.31. The van der Waals surface area contributed by atoms with Crippen LogP contribution in [0.4, 0.5) is 0 Å². The second kappa shape index (κ2) is 12.2. The Morgan fingerprint density at radius 2 is 1.94 bits per heavy atom. The highest BCUT2D eigenvalue weighted by molar-refractivity contribution is 5.95. The molecule has 1 N–H and O–H groups in total. The molecule has 1 aliphatic rings. The molecule has 0 radical (unpaired) electrons. The summed E-state index contributed by atoms with van der Waals surface area (Å²) in [5, 5.41) is 2.91. The highest BCUT2D eigenvalue weighted by Crippen LogP contribution is 2.29. The number of unbranched alkanes of at least 4 members (excludes halogenated alkanes) is 3. The number of furan rings is 1. The van der Waals surface area contributed by atoms with Crippen LogP contribution in [0.25, 0.3) is 0 Å². The third kappa shape index (κ3) is 6.52. The molecule has 1 aliphatic heterocycles. The first-order chi connectivity index (χ1) is 15.6. The topological polar surface area (TPSA) is 81.0 Å². The average Bonchev–Trinajstić information content (AvgIpc) is 3.36. The number of hydrogen-bond acceptors (Lipinski definition) is 5. The number of hydrogen-bond donors (Lipinski definition) is 1. The molecule has 2 heterocycles. The van der Waals surface area contributed by atoms with Gasteiger partial charge in [-0.1, -0.05) is 26.2 Å². The predicted octanol–water partition coefficient (Wildman–Crippen LogP) is 4.42. The van der Waals surface area contributed by atoms with Gasteiger partial charge in [-0.3, -0.25) is 9.59 Å². The lowest BCUT2D eigenvalue weighted by Crippen LogP contribution is -2.42. The highest BCUT2D eigenvalue weighted by Gasteiger charge is 2.28. The van der Waals surface area contributed by atoms with Gasteiger partial charge in [0.15, 0.2) is 11.5 Å². The summed E-state index contributed by atoms with van der Waals surface area (Å²) in [7, 11) is 1.58. The van der Waals surface area contributed by atoms with E-state index in [4.69, 9.17) is 13.9 Å². The second-order valence-electron chi connectivity index (χ2n) is 8.14. The molecule has 3 rings (SSSR count). The van der Waals surface area contributed by atoms with Crippen molar-refractivity contribution in [2.24, 2.45) is 5.92 Å². The van der Waals surface area contributed by atoms with Crippen molar-refractivity contribution < 1.29 is 23.5 Å². The number of nitrogens with zero attached hydrogens (tertiary/aromatic N) is 1. The van der Waals surface area contributed by atoms with Crippen LogP contribution in [0.2, 0.25) is 0 Å². The Kier molecular flexibility index (Phi) is 9.01. The Labute approximate surface area is 190 Å². The Hall–Kier alpha value is -2.96. The van der Waals surface area contributed by atoms with Gasteiger partial charge in [-0.2, -0.15) is 0 Å². The van der Waals surface area contributed by atoms with E-state index in [2.05, 4.69) is 12.2 Å². The van der Waals surface area contributed by atoms with Crippen LogP contribution < -0.4 is 14.8 Å². The molecule has 7 heteroatoms. The van der Waals surface area contributed by atoms with Crippen LogP contribution in [0.5, 0.6) is 11.5 Å². The number of piperidine rings is 1. The number of rotatable bonds is 11. The van der Waals surface area contributed by atoms with Gasteiger partial charge in [-0.15, -0.1) is 0 Å². The maximum atomic E-state index is 13.0.